The van der Waals surface area contributed by atoms with E-state index in [1.807, 2.05) is 27.7 Å². The van der Waals surface area contributed by atoms with E-state index in [1.54, 1.807) is 0 Å². The van der Waals surface area contributed by atoms with Gasteiger partial charge in [-0.3, -0.25) is 0 Å². The summed E-state index contributed by atoms with van der Waals surface area (Å²) in [6.45, 7) is 7.74. The topological polar surface area (TPSA) is 26.0 Å². The van der Waals surface area contributed by atoms with Gasteiger partial charge < -0.3 is 5.73 Å². The highest BCUT2D eigenvalue weighted by Gasteiger charge is 2.19. The molecule has 0 aliphatic carbocycles. The zero-order valence-corrected chi connectivity index (χ0v) is 12.2. The van der Waals surface area contributed by atoms with Crippen LogP contribution in [0.2, 0.25) is 0 Å². The Kier molecular flexibility index (Phi) is 5.17. The van der Waals surface area contributed by atoms with Crippen LogP contribution in [0.1, 0.15) is 39.7 Å². The molecule has 1 aromatic rings. The van der Waals surface area contributed by atoms with Gasteiger partial charge in [-0.25, -0.2) is 8.78 Å². The van der Waals surface area contributed by atoms with Crippen LogP contribution >= 0.6 is 11.8 Å². The molecule has 0 aliphatic heterocycles. The van der Waals surface area contributed by atoms with Gasteiger partial charge >= 0.3 is 0 Å². The zero-order valence-electron chi connectivity index (χ0n) is 11.4. The predicted octanol–water partition coefficient (Wildman–Crippen LogP) is 4.14. The molecule has 18 heavy (non-hydrogen) atoms. The van der Waals surface area contributed by atoms with Gasteiger partial charge in [0.2, 0.25) is 0 Å². The monoisotopic (exact) mass is 273 g/mol. The van der Waals surface area contributed by atoms with E-state index in [4.69, 9.17) is 5.73 Å². The Morgan fingerprint density at radius 3 is 2.11 bits per heavy atom. The third-order valence-corrected chi connectivity index (χ3v) is 3.70. The minimum atomic E-state index is -0.492. The molecule has 0 radical (unpaired) electrons. The third-order valence-electron chi connectivity index (χ3n) is 2.49. The van der Waals surface area contributed by atoms with Crippen molar-refractivity contribution in [3.63, 3.8) is 0 Å². The Morgan fingerprint density at radius 2 is 1.72 bits per heavy atom. The summed E-state index contributed by atoms with van der Waals surface area (Å²) in [4.78, 5) is 0.0938. The van der Waals surface area contributed by atoms with Gasteiger partial charge in [-0.05, 0) is 30.5 Å². The summed E-state index contributed by atoms with van der Waals surface area (Å²) in [6, 6.07) is 2.74. The summed E-state index contributed by atoms with van der Waals surface area (Å²) in [5.41, 5.74) is 6.42. The molecule has 0 spiro atoms. The average molecular weight is 273 g/mol. The van der Waals surface area contributed by atoms with Crippen LogP contribution in [0, 0.1) is 11.6 Å². The van der Waals surface area contributed by atoms with E-state index in [0.717, 1.165) is 6.42 Å². The molecular weight excluding hydrogens is 252 g/mol. The Balaban J connectivity index is 2.97. The maximum atomic E-state index is 13.9. The third kappa shape index (κ3) is 4.58. The summed E-state index contributed by atoms with van der Waals surface area (Å²) in [5, 5.41) is 0. The van der Waals surface area contributed by atoms with Crippen LogP contribution in [0.3, 0.4) is 0 Å². The van der Waals surface area contributed by atoms with E-state index < -0.39 is 11.6 Å². The highest BCUT2D eigenvalue weighted by Crippen LogP contribution is 2.35. The fourth-order valence-corrected chi connectivity index (χ4v) is 2.51. The number of rotatable bonds is 4. The molecular formula is C14H21F2NS. The van der Waals surface area contributed by atoms with Crippen molar-refractivity contribution in [1.29, 1.82) is 0 Å². The minimum absolute atomic E-state index is 0.0510. The van der Waals surface area contributed by atoms with E-state index in [-0.39, 0.29) is 15.7 Å². The van der Waals surface area contributed by atoms with Crippen LogP contribution in [-0.4, -0.2) is 10.8 Å². The van der Waals surface area contributed by atoms with E-state index in [9.17, 15) is 8.78 Å². The Morgan fingerprint density at radius 1 is 1.22 bits per heavy atom. The van der Waals surface area contributed by atoms with Gasteiger partial charge in [-0.1, -0.05) is 27.7 Å². The van der Waals surface area contributed by atoms with Crippen LogP contribution in [0.5, 0.6) is 0 Å². The fourth-order valence-electron chi connectivity index (χ4n) is 1.58. The number of thioether (sulfide) groups is 1. The second-order valence-corrected chi connectivity index (χ2v) is 7.31. The number of benzene rings is 1. The number of hydrogen-bond acceptors (Lipinski definition) is 2. The first-order valence-electron chi connectivity index (χ1n) is 6.15. The molecule has 0 saturated carbocycles. The quantitative estimate of drug-likeness (QED) is 0.835. The first-order valence-corrected chi connectivity index (χ1v) is 6.97. The predicted molar refractivity (Wildman–Crippen MR) is 73.9 cm³/mol. The molecule has 0 bridgehead atoms. The molecule has 1 aromatic carbocycles. The van der Waals surface area contributed by atoms with Gasteiger partial charge in [-0.2, -0.15) is 0 Å². The summed E-state index contributed by atoms with van der Waals surface area (Å²) in [6.07, 6.45) is 1.30. The lowest BCUT2D eigenvalue weighted by molar-refractivity contribution is 0.532. The molecule has 0 amide bonds. The van der Waals surface area contributed by atoms with E-state index in [1.165, 1.54) is 23.9 Å². The van der Waals surface area contributed by atoms with Crippen LogP contribution in [0.15, 0.2) is 17.0 Å². The van der Waals surface area contributed by atoms with Gasteiger partial charge in [0.25, 0.3) is 0 Å². The largest absolute Gasteiger partial charge is 0.327 e. The second-order valence-electron chi connectivity index (χ2n) is 5.48. The molecule has 0 aliphatic rings. The molecule has 1 rings (SSSR count). The molecule has 0 aromatic heterocycles. The van der Waals surface area contributed by atoms with Gasteiger partial charge in [0.1, 0.15) is 11.6 Å². The number of nitrogens with two attached hydrogens (primary N) is 1. The molecule has 1 atom stereocenters. The SMILES string of the molecule is CCC(N)Cc1cc(F)c(SC(C)(C)C)c(F)c1. The lowest BCUT2D eigenvalue weighted by Crippen LogP contribution is -2.21. The van der Waals surface area contributed by atoms with E-state index in [2.05, 4.69) is 0 Å². The number of hydrogen-bond donors (Lipinski definition) is 1. The Hall–Kier alpha value is -0.610. The first-order chi connectivity index (χ1) is 8.23. The second kappa shape index (κ2) is 6.02. The van der Waals surface area contributed by atoms with Gasteiger partial charge in [0.05, 0.1) is 4.90 Å². The van der Waals surface area contributed by atoms with Crippen LogP contribution in [0.25, 0.3) is 0 Å². The van der Waals surface area contributed by atoms with Crippen LogP contribution in [-0.2, 0) is 6.42 Å². The summed E-state index contributed by atoms with van der Waals surface area (Å²) < 4.78 is 27.6. The summed E-state index contributed by atoms with van der Waals surface area (Å²) in [7, 11) is 0. The van der Waals surface area contributed by atoms with E-state index >= 15 is 0 Å². The average Bonchev–Trinajstić information content (AvgIpc) is 2.22. The molecule has 1 nitrogen and oxygen atoms in total. The van der Waals surface area contributed by atoms with Crippen molar-refractivity contribution in [2.75, 3.05) is 0 Å². The Labute approximate surface area is 112 Å². The lowest BCUT2D eigenvalue weighted by Gasteiger charge is -2.19. The van der Waals surface area contributed by atoms with Gasteiger partial charge in [0.15, 0.2) is 0 Å². The first kappa shape index (κ1) is 15.4. The van der Waals surface area contributed by atoms with Crippen molar-refractivity contribution in [2.45, 2.75) is 56.2 Å². The molecule has 0 saturated heterocycles. The molecule has 1 unspecified atom stereocenters. The summed E-state index contributed by atoms with van der Waals surface area (Å²) >= 11 is 1.21. The van der Waals surface area contributed by atoms with Crippen molar-refractivity contribution >= 4 is 11.8 Å². The normalized spacial score (nSPS) is 13.7. The molecule has 102 valence electrons. The molecule has 0 heterocycles. The van der Waals surface area contributed by atoms with Crippen molar-refractivity contribution in [1.82, 2.24) is 0 Å². The minimum Gasteiger partial charge on any atom is -0.327 e. The molecule has 2 N–H and O–H groups in total. The zero-order chi connectivity index (χ0) is 13.9. The van der Waals surface area contributed by atoms with Crippen molar-refractivity contribution in [2.24, 2.45) is 5.73 Å². The highest BCUT2D eigenvalue weighted by molar-refractivity contribution is 8.00. The van der Waals surface area contributed by atoms with Crippen molar-refractivity contribution in [3.8, 4) is 0 Å². The molecule has 0 fully saturated rings. The Bertz CT molecular complexity index is 390. The van der Waals surface area contributed by atoms with E-state index in [0.29, 0.717) is 12.0 Å². The molecule has 4 heteroatoms. The maximum absolute atomic E-state index is 13.9. The van der Waals surface area contributed by atoms with Crippen LogP contribution in [0.4, 0.5) is 8.78 Å². The maximum Gasteiger partial charge on any atom is 0.140 e. The van der Waals surface area contributed by atoms with Crippen molar-refractivity contribution < 1.29 is 8.78 Å². The number of halogens is 2. The fraction of sp³-hybridized carbons (Fsp3) is 0.571. The van der Waals surface area contributed by atoms with Crippen molar-refractivity contribution in [3.05, 3.63) is 29.3 Å². The van der Waals surface area contributed by atoms with Gasteiger partial charge in [0, 0.05) is 10.8 Å². The van der Waals surface area contributed by atoms with Crippen LogP contribution < -0.4 is 5.73 Å². The smallest absolute Gasteiger partial charge is 0.140 e. The lowest BCUT2D eigenvalue weighted by atomic mass is 10.0. The highest BCUT2D eigenvalue weighted by atomic mass is 32.2. The van der Waals surface area contributed by atoms with Gasteiger partial charge in [-0.15, -0.1) is 11.8 Å². The standard InChI is InChI=1S/C14H21F2NS/c1-5-10(17)6-9-7-11(15)13(12(16)8-9)18-14(2,3)4/h7-8,10H,5-6,17H2,1-4H3. The summed E-state index contributed by atoms with van der Waals surface area (Å²) in [5.74, 6) is -0.985.